The number of hydrogen-bond acceptors (Lipinski definition) is 4. The first kappa shape index (κ1) is 20.8. The van der Waals surface area contributed by atoms with E-state index in [4.69, 9.17) is 16.3 Å². The molecule has 1 atom stereocenters. The van der Waals surface area contributed by atoms with E-state index in [9.17, 15) is 4.79 Å². The molecule has 0 fully saturated rings. The van der Waals surface area contributed by atoms with Crippen molar-refractivity contribution in [1.82, 2.24) is 14.8 Å². The lowest BCUT2D eigenvalue weighted by molar-refractivity contribution is -0.141. The van der Waals surface area contributed by atoms with E-state index in [-0.39, 0.29) is 0 Å². The fraction of sp³-hybridized carbons (Fsp3) is 0.261. The third-order valence-electron chi connectivity index (χ3n) is 4.33. The van der Waals surface area contributed by atoms with Crippen LogP contribution >= 0.6 is 11.6 Å². The molecule has 3 aromatic rings. The van der Waals surface area contributed by atoms with Gasteiger partial charge < -0.3 is 4.74 Å². The van der Waals surface area contributed by atoms with Gasteiger partial charge >= 0.3 is 5.97 Å². The maximum atomic E-state index is 12.6. The normalized spacial score (nSPS) is 12.4. The number of esters is 1. The molecule has 0 N–H and O–H groups in total. The van der Waals surface area contributed by atoms with Crippen molar-refractivity contribution in [2.24, 2.45) is 5.92 Å². The van der Waals surface area contributed by atoms with Crippen LogP contribution in [-0.2, 0) is 16.1 Å². The average molecular weight is 410 g/mol. The minimum absolute atomic E-state index is 0.415. The summed E-state index contributed by atoms with van der Waals surface area (Å²) < 4.78 is 7.49. The van der Waals surface area contributed by atoms with Gasteiger partial charge in [-0.3, -0.25) is 9.67 Å². The summed E-state index contributed by atoms with van der Waals surface area (Å²) in [7, 11) is 0. The van der Waals surface area contributed by atoms with Crippen molar-refractivity contribution in [3.63, 3.8) is 0 Å². The van der Waals surface area contributed by atoms with Gasteiger partial charge in [0.05, 0.1) is 11.4 Å². The molecule has 1 aromatic carbocycles. The largest absolute Gasteiger partial charge is 0.448 e. The van der Waals surface area contributed by atoms with Gasteiger partial charge in [0, 0.05) is 24.4 Å². The van der Waals surface area contributed by atoms with E-state index in [1.165, 1.54) is 6.08 Å². The van der Waals surface area contributed by atoms with Crippen molar-refractivity contribution >= 4 is 23.6 Å². The van der Waals surface area contributed by atoms with Gasteiger partial charge in [-0.05, 0) is 36.6 Å². The first-order chi connectivity index (χ1) is 14.0. The quantitative estimate of drug-likeness (QED) is 0.395. The summed E-state index contributed by atoms with van der Waals surface area (Å²) in [6.07, 6.45) is 4.13. The molecule has 0 spiro atoms. The van der Waals surface area contributed by atoms with E-state index in [1.54, 1.807) is 17.0 Å². The second kappa shape index (κ2) is 9.52. The van der Waals surface area contributed by atoms with Gasteiger partial charge in [-0.1, -0.05) is 61.8 Å². The Kier molecular flexibility index (Phi) is 6.83. The van der Waals surface area contributed by atoms with E-state index < -0.39 is 12.1 Å². The fourth-order valence-corrected chi connectivity index (χ4v) is 3.29. The molecule has 2 aromatic heterocycles. The lowest BCUT2D eigenvalue weighted by Gasteiger charge is -2.16. The molecular formula is C23H24ClN3O2. The van der Waals surface area contributed by atoms with Gasteiger partial charge in [0.25, 0.3) is 0 Å². The van der Waals surface area contributed by atoms with E-state index in [0.29, 0.717) is 23.3 Å². The van der Waals surface area contributed by atoms with Crippen molar-refractivity contribution in [2.75, 3.05) is 0 Å². The summed E-state index contributed by atoms with van der Waals surface area (Å²) in [6.45, 7) is 6.78. The van der Waals surface area contributed by atoms with Gasteiger partial charge in [0.1, 0.15) is 5.15 Å². The number of carbonyl (C=O) groups is 1. The lowest BCUT2D eigenvalue weighted by atomic mass is 10.1. The molecule has 0 saturated carbocycles. The van der Waals surface area contributed by atoms with E-state index in [1.807, 2.05) is 55.5 Å². The van der Waals surface area contributed by atoms with Gasteiger partial charge in [-0.15, -0.1) is 0 Å². The number of nitrogens with zero attached hydrogens (tertiary/aromatic N) is 3. The maximum absolute atomic E-state index is 12.6. The molecule has 6 heteroatoms. The topological polar surface area (TPSA) is 57.0 Å². The third-order valence-corrected chi connectivity index (χ3v) is 4.72. The standard InChI is InChI=1S/C23H24ClN3O2/c1-16(2)15-27-23(24)19(17(3)26-27)12-13-21(28)29-22(18-9-5-4-6-10-18)20-11-7-8-14-25-20/h4-14,16,22H,15H2,1-3H3/b13-12+. The monoisotopic (exact) mass is 409 g/mol. The highest BCUT2D eigenvalue weighted by Crippen LogP contribution is 2.26. The Morgan fingerprint density at radius 2 is 1.90 bits per heavy atom. The Hall–Kier alpha value is -2.92. The van der Waals surface area contributed by atoms with Crippen molar-refractivity contribution in [2.45, 2.75) is 33.4 Å². The number of aromatic nitrogens is 3. The van der Waals surface area contributed by atoms with Crippen LogP contribution in [0.1, 0.15) is 42.5 Å². The maximum Gasteiger partial charge on any atom is 0.331 e. The smallest absolute Gasteiger partial charge is 0.331 e. The van der Waals surface area contributed by atoms with Crippen LogP contribution < -0.4 is 0 Å². The summed E-state index contributed by atoms with van der Waals surface area (Å²) >= 11 is 6.44. The third kappa shape index (κ3) is 5.33. The summed E-state index contributed by atoms with van der Waals surface area (Å²) in [5, 5.41) is 4.97. The molecule has 150 valence electrons. The van der Waals surface area contributed by atoms with E-state index in [2.05, 4.69) is 23.9 Å². The van der Waals surface area contributed by atoms with Crippen LogP contribution in [0.15, 0.2) is 60.8 Å². The molecule has 0 bridgehead atoms. The number of aryl methyl sites for hydroxylation is 1. The van der Waals surface area contributed by atoms with Crippen LogP contribution in [0.4, 0.5) is 0 Å². The van der Waals surface area contributed by atoms with Crippen molar-refractivity contribution in [3.05, 3.63) is 88.5 Å². The van der Waals surface area contributed by atoms with Crippen LogP contribution in [0.5, 0.6) is 0 Å². The van der Waals surface area contributed by atoms with E-state index in [0.717, 1.165) is 16.8 Å². The molecule has 0 radical (unpaired) electrons. The van der Waals surface area contributed by atoms with Gasteiger partial charge in [0.2, 0.25) is 0 Å². The molecule has 1 unspecified atom stereocenters. The molecule has 0 amide bonds. The van der Waals surface area contributed by atoms with Crippen LogP contribution in [0, 0.1) is 12.8 Å². The Bertz CT molecular complexity index is 943. The molecule has 29 heavy (non-hydrogen) atoms. The zero-order valence-electron chi connectivity index (χ0n) is 16.7. The minimum Gasteiger partial charge on any atom is -0.448 e. The van der Waals surface area contributed by atoms with Gasteiger partial charge in [-0.2, -0.15) is 5.10 Å². The number of ether oxygens (including phenoxy) is 1. The molecule has 0 aliphatic carbocycles. The van der Waals surface area contributed by atoms with Crippen LogP contribution in [-0.4, -0.2) is 20.7 Å². The van der Waals surface area contributed by atoms with E-state index >= 15 is 0 Å². The van der Waals surface area contributed by atoms with Crippen molar-refractivity contribution in [1.29, 1.82) is 0 Å². The van der Waals surface area contributed by atoms with Crippen molar-refractivity contribution in [3.8, 4) is 0 Å². The molecule has 0 saturated heterocycles. The second-order valence-electron chi connectivity index (χ2n) is 7.18. The van der Waals surface area contributed by atoms with Crippen molar-refractivity contribution < 1.29 is 9.53 Å². The Balaban J connectivity index is 1.80. The molecular weight excluding hydrogens is 386 g/mol. The van der Waals surface area contributed by atoms with Crippen LogP contribution in [0.2, 0.25) is 5.15 Å². The lowest BCUT2D eigenvalue weighted by Crippen LogP contribution is -2.12. The second-order valence-corrected chi connectivity index (χ2v) is 7.54. The predicted octanol–water partition coefficient (Wildman–Crippen LogP) is 5.24. The number of benzene rings is 1. The Labute approximate surface area is 176 Å². The van der Waals surface area contributed by atoms with Crippen LogP contribution in [0.3, 0.4) is 0 Å². The highest BCUT2D eigenvalue weighted by atomic mass is 35.5. The zero-order chi connectivity index (χ0) is 20.8. The number of halogens is 1. The number of pyridine rings is 1. The molecule has 0 aliphatic rings. The number of carbonyl (C=O) groups excluding carboxylic acids is 1. The summed E-state index contributed by atoms with van der Waals surface area (Å²) in [4.78, 5) is 16.9. The van der Waals surface area contributed by atoms with Crippen LogP contribution in [0.25, 0.3) is 6.08 Å². The molecule has 5 nitrogen and oxygen atoms in total. The summed E-state index contributed by atoms with van der Waals surface area (Å²) in [6, 6.07) is 15.1. The predicted molar refractivity (Wildman–Crippen MR) is 114 cm³/mol. The molecule has 2 heterocycles. The number of hydrogen-bond donors (Lipinski definition) is 0. The molecule has 0 aliphatic heterocycles. The average Bonchev–Trinajstić information content (AvgIpc) is 2.98. The highest BCUT2D eigenvalue weighted by molar-refractivity contribution is 6.31. The Morgan fingerprint density at radius 3 is 2.55 bits per heavy atom. The highest BCUT2D eigenvalue weighted by Gasteiger charge is 2.19. The minimum atomic E-state index is -0.588. The Morgan fingerprint density at radius 1 is 1.17 bits per heavy atom. The summed E-state index contributed by atoms with van der Waals surface area (Å²) in [5.41, 5.74) is 3.01. The van der Waals surface area contributed by atoms with Gasteiger partial charge in [0.15, 0.2) is 6.10 Å². The molecule has 3 rings (SSSR count). The first-order valence-corrected chi connectivity index (χ1v) is 9.91. The van der Waals surface area contributed by atoms with Gasteiger partial charge in [-0.25, -0.2) is 4.79 Å². The first-order valence-electron chi connectivity index (χ1n) is 9.53. The SMILES string of the molecule is Cc1nn(CC(C)C)c(Cl)c1/C=C/C(=O)OC(c1ccccc1)c1ccccn1. The fourth-order valence-electron chi connectivity index (χ4n) is 2.99. The number of rotatable bonds is 7. The zero-order valence-corrected chi connectivity index (χ0v) is 17.5. The summed E-state index contributed by atoms with van der Waals surface area (Å²) in [5.74, 6) is -0.0600.